The van der Waals surface area contributed by atoms with E-state index in [0.29, 0.717) is 16.4 Å². The summed E-state index contributed by atoms with van der Waals surface area (Å²) in [6.07, 6.45) is 3.29. The van der Waals surface area contributed by atoms with Gasteiger partial charge in [0.15, 0.2) is 0 Å². The second-order valence-corrected chi connectivity index (χ2v) is 7.85. The normalized spacial score (nSPS) is 11.2. The van der Waals surface area contributed by atoms with Gasteiger partial charge in [-0.15, -0.1) is 0 Å². The van der Waals surface area contributed by atoms with E-state index in [2.05, 4.69) is 30.8 Å². The summed E-state index contributed by atoms with van der Waals surface area (Å²) < 4.78 is 4.08. The van der Waals surface area contributed by atoms with E-state index in [0.717, 1.165) is 21.0 Å². The quantitative estimate of drug-likeness (QED) is 0.393. The number of nitrogens with zero attached hydrogens (tertiary/aromatic N) is 7. The fourth-order valence-corrected chi connectivity index (χ4v) is 3.72. The van der Waals surface area contributed by atoms with Crippen molar-refractivity contribution in [3.05, 3.63) is 92.1 Å². The largest absolute Gasteiger partial charge is 0.355 e. The number of anilines is 2. The van der Waals surface area contributed by atoms with Gasteiger partial charge in [-0.05, 0) is 17.7 Å². The lowest BCUT2D eigenvalue weighted by atomic mass is 10.2. The van der Waals surface area contributed by atoms with E-state index in [-0.39, 0.29) is 19.0 Å². The molecule has 0 unspecified atom stereocenters. The molecule has 0 radical (unpaired) electrons. The van der Waals surface area contributed by atoms with Crippen LogP contribution in [0.1, 0.15) is 11.3 Å². The maximum absolute atomic E-state index is 13.4. The number of aryl methyl sites for hydroxylation is 1. The summed E-state index contributed by atoms with van der Waals surface area (Å²) >= 11 is 6.45. The molecule has 12 heteroatoms. The molecule has 5 aromatic rings. The second kappa shape index (κ2) is 8.36. The van der Waals surface area contributed by atoms with Gasteiger partial charge in [-0.25, -0.2) is 14.2 Å². The smallest absolute Gasteiger partial charge is 0.324 e. The summed E-state index contributed by atoms with van der Waals surface area (Å²) in [4.78, 5) is 30.3. The average Bonchev–Trinajstić information content (AvgIpc) is 3.43. The minimum atomic E-state index is -0.714. The maximum atomic E-state index is 13.4. The van der Waals surface area contributed by atoms with Crippen LogP contribution in [0.15, 0.2) is 64.4 Å². The van der Waals surface area contributed by atoms with Crippen LogP contribution in [0.25, 0.3) is 10.9 Å². The molecule has 0 atom stereocenters. The molecule has 11 nitrogen and oxygen atoms in total. The lowest BCUT2D eigenvalue weighted by Crippen LogP contribution is -2.43. The molecule has 0 saturated heterocycles. The van der Waals surface area contributed by atoms with Gasteiger partial charge in [0.2, 0.25) is 5.95 Å². The summed E-state index contributed by atoms with van der Waals surface area (Å²) in [7, 11) is 1.81. The number of aromatic amines is 1. The molecular formula is C21H18ClN9O2. The highest BCUT2D eigenvalue weighted by atomic mass is 35.5. The Balaban J connectivity index is 1.62. The number of nitrogens with one attached hydrogen (secondary N) is 2. The van der Waals surface area contributed by atoms with Crippen molar-refractivity contribution < 1.29 is 0 Å². The van der Waals surface area contributed by atoms with E-state index in [1.54, 1.807) is 16.8 Å². The van der Waals surface area contributed by atoms with Crippen LogP contribution < -0.4 is 16.7 Å². The summed E-state index contributed by atoms with van der Waals surface area (Å²) in [6, 6.07) is 12.9. The average molecular weight is 464 g/mol. The monoisotopic (exact) mass is 463 g/mol. The first-order valence-corrected chi connectivity index (χ1v) is 10.4. The minimum Gasteiger partial charge on any atom is -0.324 e. The van der Waals surface area contributed by atoms with Gasteiger partial charge in [-0.2, -0.15) is 25.5 Å². The number of hydrogen-bond donors (Lipinski definition) is 2. The third-order valence-electron chi connectivity index (χ3n) is 5.07. The number of H-pyrrole nitrogens is 1. The third kappa shape index (κ3) is 4.13. The van der Waals surface area contributed by atoms with E-state index in [1.165, 1.54) is 10.8 Å². The maximum Gasteiger partial charge on any atom is 0.355 e. The van der Waals surface area contributed by atoms with E-state index in [9.17, 15) is 9.59 Å². The number of hydrogen-bond acceptors (Lipinski definition) is 7. The molecule has 0 aliphatic heterocycles. The van der Waals surface area contributed by atoms with Gasteiger partial charge in [0.05, 0.1) is 35.5 Å². The van der Waals surface area contributed by atoms with Crippen LogP contribution in [0.5, 0.6) is 0 Å². The second-order valence-electron chi connectivity index (χ2n) is 7.44. The zero-order valence-electron chi connectivity index (χ0n) is 17.4. The van der Waals surface area contributed by atoms with Gasteiger partial charge in [0, 0.05) is 18.6 Å². The molecule has 2 N–H and O–H groups in total. The molecule has 0 spiro atoms. The van der Waals surface area contributed by atoms with Crippen molar-refractivity contribution in [1.82, 2.24) is 39.3 Å². The molecule has 0 bridgehead atoms. The van der Waals surface area contributed by atoms with Crippen molar-refractivity contribution in [2.45, 2.75) is 13.1 Å². The van der Waals surface area contributed by atoms with Gasteiger partial charge < -0.3 is 5.32 Å². The summed E-state index contributed by atoms with van der Waals surface area (Å²) in [5.74, 6) is 0.0791. The summed E-state index contributed by atoms with van der Waals surface area (Å²) in [5.41, 5.74) is 1.28. The highest BCUT2D eigenvalue weighted by molar-refractivity contribution is 6.34. The fraction of sp³-hybridized carbons (Fsp3) is 0.143. The van der Waals surface area contributed by atoms with E-state index in [4.69, 9.17) is 11.6 Å². The van der Waals surface area contributed by atoms with E-state index < -0.39 is 11.4 Å². The van der Waals surface area contributed by atoms with Crippen molar-refractivity contribution in [3.63, 3.8) is 0 Å². The molecule has 33 heavy (non-hydrogen) atoms. The lowest BCUT2D eigenvalue weighted by molar-refractivity contribution is 0.583. The van der Waals surface area contributed by atoms with Crippen molar-refractivity contribution >= 4 is 34.1 Å². The Morgan fingerprint density at radius 3 is 2.67 bits per heavy atom. The number of halogens is 1. The summed E-state index contributed by atoms with van der Waals surface area (Å²) in [6.45, 7) is 0.138. The zero-order valence-corrected chi connectivity index (χ0v) is 18.2. The van der Waals surface area contributed by atoms with Crippen molar-refractivity contribution in [1.29, 1.82) is 0 Å². The van der Waals surface area contributed by atoms with E-state index >= 15 is 0 Å². The van der Waals surface area contributed by atoms with Crippen molar-refractivity contribution in [2.24, 2.45) is 7.05 Å². The van der Waals surface area contributed by atoms with Gasteiger partial charge in [-0.1, -0.05) is 41.9 Å². The first kappa shape index (κ1) is 20.6. The van der Waals surface area contributed by atoms with Gasteiger partial charge >= 0.3 is 11.4 Å². The van der Waals surface area contributed by atoms with Crippen LogP contribution >= 0.6 is 11.6 Å². The first-order valence-electron chi connectivity index (χ1n) is 9.98. The third-order valence-corrected chi connectivity index (χ3v) is 5.39. The Kier molecular flexibility index (Phi) is 5.23. The minimum absolute atomic E-state index is 0.0569. The van der Waals surface area contributed by atoms with Gasteiger partial charge in [-0.3, -0.25) is 9.25 Å². The number of fused-ring (bicyclic) bond motifs is 1. The molecule has 0 saturated carbocycles. The molecule has 3 heterocycles. The zero-order chi connectivity index (χ0) is 22.9. The standard InChI is InChI=1S/C21H18ClN9O2/c1-29-11-14-7-18(16(22)8-17(14)27-29)24-19-25-20(32)31(12-15-9-23-28-26-15)21(33)30(19)10-13-5-3-2-4-6-13/h2-9,11H,10,12H2,1H3,(H,23,26,28)(H,24,25,32). The SMILES string of the molecule is Cn1cc2cc(Nc3nc(=O)n(Cc4cn[nH]n4)c(=O)n3Cc3ccccc3)c(Cl)cc2n1. The topological polar surface area (TPSA) is 128 Å². The highest BCUT2D eigenvalue weighted by Gasteiger charge is 2.17. The Bertz CT molecular complexity index is 1550. The lowest BCUT2D eigenvalue weighted by Gasteiger charge is -2.16. The molecule has 3 aromatic heterocycles. The number of rotatable bonds is 6. The molecule has 5 rings (SSSR count). The summed E-state index contributed by atoms with van der Waals surface area (Å²) in [5, 5.41) is 18.8. The van der Waals surface area contributed by atoms with Gasteiger partial charge in [0.25, 0.3) is 0 Å². The molecule has 0 aliphatic carbocycles. The highest BCUT2D eigenvalue weighted by Crippen LogP contribution is 2.29. The Morgan fingerprint density at radius 1 is 1.09 bits per heavy atom. The van der Waals surface area contributed by atoms with Crippen LogP contribution in [0, 0.1) is 0 Å². The number of benzene rings is 2. The Morgan fingerprint density at radius 2 is 1.91 bits per heavy atom. The molecule has 0 amide bonds. The predicted octanol–water partition coefficient (Wildman–Crippen LogP) is 1.90. The van der Waals surface area contributed by atoms with Crippen LogP contribution in [0.4, 0.5) is 11.6 Å². The van der Waals surface area contributed by atoms with Crippen LogP contribution in [-0.4, -0.2) is 39.3 Å². The first-order chi connectivity index (χ1) is 16.0. The van der Waals surface area contributed by atoms with E-state index in [1.807, 2.05) is 43.6 Å². The molecule has 0 fully saturated rings. The predicted molar refractivity (Wildman–Crippen MR) is 123 cm³/mol. The van der Waals surface area contributed by atoms with Crippen molar-refractivity contribution in [3.8, 4) is 0 Å². The molecule has 2 aromatic carbocycles. The Labute approximate surface area is 191 Å². The number of aromatic nitrogens is 8. The van der Waals surface area contributed by atoms with Crippen molar-refractivity contribution in [2.75, 3.05) is 5.32 Å². The Hall–Kier alpha value is -4.25. The van der Waals surface area contributed by atoms with Crippen LogP contribution in [0.3, 0.4) is 0 Å². The van der Waals surface area contributed by atoms with Crippen LogP contribution in [-0.2, 0) is 20.1 Å². The molecule has 166 valence electrons. The van der Waals surface area contributed by atoms with Gasteiger partial charge in [0.1, 0.15) is 5.69 Å². The fourth-order valence-electron chi connectivity index (χ4n) is 3.52. The molecule has 0 aliphatic rings. The van der Waals surface area contributed by atoms with Crippen LogP contribution in [0.2, 0.25) is 5.02 Å². The molecular weight excluding hydrogens is 446 g/mol.